The van der Waals surface area contributed by atoms with Gasteiger partial charge in [0.05, 0.1) is 12.6 Å². The molecule has 0 aliphatic carbocycles. The highest BCUT2D eigenvalue weighted by molar-refractivity contribution is 5.77. The molecule has 1 atom stereocenters. The van der Waals surface area contributed by atoms with Gasteiger partial charge in [0.1, 0.15) is 11.6 Å². The van der Waals surface area contributed by atoms with Crippen LogP contribution in [0.5, 0.6) is 0 Å². The van der Waals surface area contributed by atoms with Gasteiger partial charge < -0.3 is 15.5 Å². The van der Waals surface area contributed by atoms with E-state index in [0.29, 0.717) is 0 Å². The van der Waals surface area contributed by atoms with Gasteiger partial charge in [0.25, 0.3) is 0 Å². The molecule has 2 aliphatic heterocycles. The van der Waals surface area contributed by atoms with Crippen LogP contribution >= 0.6 is 0 Å². The van der Waals surface area contributed by atoms with Crippen molar-refractivity contribution in [3.8, 4) is 0 Å². The summed E-state index contributed by atoms with van der Waals surface area (Å²) < 4.78 is 0. The first-order chi connectivity index (χ1) is 10.2. The van der Waals surface area contributed by atoms with E-state index in [1.54, 1.807) is 0 Å². The Bertz CT molecular complexity index is 534. The second kappa shape index (κ2) is 5.85. The fourth-order valence-electron chi connectivity index (χ4n) is 2.98. The average molecular weight is 290 g/mol. The maximum Gasteiger partial charge on any atom is 0.317 e. The molecule has 7 heteroatoms. The number of urea groups is 1. The number of nitrogens with zero attached hydrogens (tertiary/aromatic N) is 4. The highest BCUT2D eigenvalue weighted by atomic mass is 16.2. The minimum atomic E-state index is 0.0703. The first-order valence-corrected chi connectivity index (χ1v) is 7.51. The van der Waals surface area contributed by atoms with Crippen LogP contribution in [0.1, 0.15) is 18.4 Å². The molecule has 0 bridgehead atoms. The predicted molar refractivity (Wildman–Crippen MR) is 80.1 cm³/mol. The van der Waals surface area contributed by atoms with Crippen LogP contribution in [-0.2, 0) is 6.54 Å². The van der Waals surface area contributed by atoms with E-state index < -0.39 is 0 Å². The van der Waals surface area contributed by atoms with Crippen LogP contribution in [0, 0.1) is 6.92 Å². The number of anilines is 1. The van der Waals surface area contributed by atoms with Gasteiger partial charge in [-0.25, -0.2) is 14.8 Å². The highest BCUT2D eigenvalue weighted by Crippen LogP contribution is 2.16. The fraction of sp³-hybridized carbons (Fsp3) is 0.643. The summed E-state index contributed by atoms with van der Waals surface area (Å²) in [7, 11) is 0. The third-order valence-electron chi connectivity index (χ3n) is 3.94. The first-order valence-electron chi connectivity index (χ1n) is 7.51. The van der Waals surface area contributed by atoms with Gasteiger partial charge in [-0.15, -0.1) is 0 Å². The molecule has 2 aliphatic rings. The summed E-state index contributed by atoms with van der Waals surface area (Å²) in [5, 5.41) is 6.14. The lowest BCUT2D eigenvalue weighted by atomic mass is 10.2. The van der Waals surface area contributed by atoms with E-state index in [-0.39, 0.29) is 12.1 Å². The normalized spacial score (nSPS) is 22.1. The Morgan fingerprint density at radius 3 is 3.10 bits per heavy atom. The van der Waals surface area contributed by atoms with Crippen LogP contribution in [-0.4, -0.2) is 64.6 Å². The quantitative estimate of drug-likeness (QED) is 0.841. The van der Waals surface area contributed by atoms with Crippen molar-refractivity contribution in [2.75, 3.05) is 38.0 Å². The van der Waals surface area contributed by atoms with Gasteiger partial charge in [0.15, 0.2) is 0 Å². The van der Waals surface area contributed by atoms with Gasteiger partial charge in [-0.1, -0.05) is 0 Å². The smallest absolute Gasteiger partial charge is 0.317 e. The van der Waals surface area contributed by atoms with E-state index >= 15 is 0 Å². The van der Waals surface area contributed by atoms with E-state index in [2.05, 4.69) is 32.4 Å². The Balaban J connectivity index is 1.65. The average Bonchev–Trinajstić information content (AvgIpc) is 2.80. The number of carbonyl (C=O) groups is 1. The van der Waals surface area contributed by atoms with Crippen LogP contribution in [0.2, 0.25) is 0 Å². The molecule has 2 amide bonds. The Kier molecular flexibility index (Phi) is 3.92. The topological polar surface area (TPSA) is 73.4 Å². The number of amides is 2. The largest absolute Gasteiger partial charge is 0.370 e. The minimum Gasteiger partial charge on any atom is -0.370 e. The highest BCUT2D eigenvalue weighted by Gasteiger charge is 2.35. The van der Waals surface area contributed by atoms with Crippen molar-refractivity contribution in [1.29, 1.82) is 0 Å². The maximum atomic E-state index is 11.6. The molecule has 1 aromatic heterocycles. The number of hydrogen-bond acceptors (Lipinski definition) is 5. The Hall–Kier alpha value is -1.89. The molecule has 0 spiro atoms. The zero-order chi connectivity index (χ0) is 14.8. The lowest BCUT2D eigenvalue weighted by Crippen LogP contribution is -2.51. The number of hydrogen-bond donors (Lipinski definition) is 2. The van der Waals surface area contributed by atoms with E-state index in [9.17, 15) is 4.79 Å². The number of fused-ring (bicyclic) bond motifs is 1. The number of nitrogens with one attached hydrogen (secondary N) is 2. The van der Waals surface area contributed by atoms with Gasteiger partial charge in [0.2, 0.25) is 0 Å². The van der Waals surface area contributed by atoms with Crippen LogP contribution < -0.4 is 10.6 Å². The van der Waals surface area contributed by atoms with E-state index in [1.165, 1.54) is 0 Å². The first kappa shape index (κ1) is 14.1. The zero-order valence-corrected chi connectivity index (χ0v) is 12.6. The molecule has 0 aromatic carbocycles. The molecule has 7 nitrogen and oxygen atoms in total. The van der Waals surface area contributed by atoms with Crippen LogP contribution in [0.4, 0.5) is 10.6 Å². The van der Waals surface area contributed by atoms with Crippen molar-refractivity contribution < 1.29 is 4.79 Å². The molecule has 1 aromatic rings. The van der Waals surface area contributed by atoms with E-state index in [1.807, 2.05) is 17.9 Å². The van der Waals surface area contributed by atoms with Gasteiger partial charge in [-0.2, -0.15) is 0 Å². The second-order valence-corrected chi connectivity index (χ2v) is 5.61. The SMILES string of the molecule is CCNc1cc(C)nc(CN2CCN3C(=O)NCC3C2)n1. The summed E-state index contributed by atoms with van der Waals surface area (Å²) in [6.45, 7) is 8.91. The van der Waals surface area contributed by atoms with Gasteiger partial charge in [-0.05, 0) is 13.8 Å². The van der Waals surface area contributed by atoms with Gasteiger partial charge in [-0.3, -0.25) is 4.90 Å². The molecule has 0 radical (unpaired) electrons. The van der Waals surface area contributed by atoms with Crippen molar-refractivity contribution in [2.45, 2.75) is 26.4 Å². The summed E-state index contributed by atoms with van der Waals surface area (Å²) in [5.41, 5.74) is 0.979. The number of carbonyl (C=O) groups excluding carboxylic acids is 1. The number of piperazine rings is 1. The van der Waals surface area contributed by atoms with Crippen molar-refractivity contribution in [1.82, 2.24) is 25.1 Å². The summed E-state index contributed by atoms with van der Waals surface area (Å²) in [6, 6.07) is 2.31. The molecule has 2 N–H and O–H groups in total. The number of rotatable bonds is 4. The Morgan fingerprint density at radius 1 is 1.43 bits per heavy atom. The maximum absolute atomic E-state index is 11.6. The van der Waals surface area contributed by atoms with Crippen LogP contribution in [0.25, 0.3) is 0 Å². The monoisotopic (exact) mass is 290 g/mol. The summed E-state index contributed by atoms with van der Waals surface area (Å²) in [4.78, 5) is 24.9. The molecule has 2 saturated heterocycles. The molecular weight excluding hydrogens is 268 g/mol. The van der Waals surface area contributed by atoms with Crippen molar-refractivity contribution in [2.24, 2.45) is 0 Å². The molecule has 3 heterocycles. The van der Waals surface area contributed by atoms with Crippen LogP contribution in [0.15, 0.2) is 6.07 Å². The van der Waals surface area contributed by atoms with Crippen LogP contribution in [0.3, 0.4) is 0 Å². The zero-order valence-electron chi connectivity index (χ0n) is 12.6. The van der Waals surface area contributed by atoms with E-state index in [0.717, 1.165) is 56.6 Å². The van der Waals surface area contributed by atoms with Gasteiger partial charge >= 0.3 is 6.03 Å². The van der Waals surface area contributed by atoms with Crippen molar-refractivity contribution in [3.63, 3.8) is 0 Å². The lowest BCUT2D eigenvalue weighted by molar-refractivity contribution is 0.115. The third-order valence-corrected chi connectivity index (χ3v) is 3.94. The molecule has 114 valence electrons. The molecule has 2 fully saturated rings. The molecule has 3 rings (SSSR count). The Labute approximate surface area is 124 Å². The van der Waals surface area contributed by atoms with Gasteiger partial charge in [0, 0.05) is 44.5 Å². The molecule has 0 saturated carbocycles. The fourth-order valence-corrected chi connectivity index (χ4v) is 2.98. The molecular formula is C14H22N6O. The second-order valence-electron chi connectivity index (χ2n) is 5.61. The minimum absolute atomic E-state index is 0.0703. The third kappa shape index (κ3) is 3.07. The predicted octanol–water partition coefficient (Wildman–Crippen LogP) is 0.426. The van der Waals surface area contributed by atoms with Crippen molar-refractivity contribution in [3.05, 3.63) is 17.6 Å². The summed E-state index contributed by atoms with van der Waals surface area (Å²) >= 11 is 0. The van der Waals surface area contributed by atoms with Crippen molar-refractivity contribution >= 4 is 11.8 Å². The van der Waals surface area contributed by atoms with E-state index in [4.69, 9.17) is 0 Å². The summed E-state index contributed by atoms with van der Waals surface area (Å²) in [6.07, 6.45) is 0. The molecule has 21 heavy (non-hydrogen) atoms. The standard InChI is InChI=1S/C14H22N6O/c1-3-15-12-6-10(2)17-13(18-12)9-19-4-5-20-11(8-19)7-16-14(20)21/h6,11H,3-5,7-9H2,1-2H3,(H,16,21)(H,15,17,18). The lowest BCUT2D eigenvalue weighted by Gasteiger charge is -2.36. The molecule has 1 unspecified atom stereocenters. The Morgan fingerprint density at radius 2 is 2.29 bits per heavy atom. The number of aryl methyl sites for hydroxylation is 1. The number of aromatic nitrogens is 2. The summed E-state index contributed by atoms with van der Waals surface area (Å²) in [5.74, 6) is 1.73.